The SMILES string of the molecule is CN1CCN(c2cc(NC3=NCC(C4CC4)=C3)nc(NCc3cc(-c4nccs4)no3)n2)CC1. The van der Waals surface area contributed by atoms with E-state index in [1.807, 2.05) is 17.5 Å². The second kappa shape index (κ2) is 9.15. The third kappa shape index (κ3) is 4.80. The Kier molecular flexibility index (Phi) is 5.71. The maximum atomic E-state index is 5.49. The molecule has 5 heterocycles. The number of aromatic nitrogens is 4. The zero-order chi connectivity index (χ0) is 22.9. The highest BCUT2D eigenvalue weighted by atomic mass is 32.1. The number of amidine groups is 1. The fourth-order valence-corrected chi connectivity index (χ4v) is 4.73. The van der Waals surface area contributed by atoms with Gasteiger partial charge in [0.25, 0.3) is 0 Å². The third-order valence-corrected chi connectivity index (χ3v) is 7.08. The first-order valence-electron chi connectivity index (χ1n) is 11.6. The van der Waals surface area contributed by atoms with Gasteiger partial charge in [-0.1, -0.05) is 5.16 Å². The Hall–Kier alpha value is -3.31. The Balaban J connectivity index is 1.20. The monoisotopic (exact) mass is 477 g/mol. The first-order valence-corrected chi connectivity index (χ1v) is 12.5. The minimum atomic E-state index is 0.427. The quantitative estimate of drug-likeness (QED) is 0.531. The molecule has 1 saturated heterocycles. The molecule has 0 radical (unpaired) electrons. The predicted molar refractivity (Wildman–Crippen MR) is 133 cm³/mol. The van der Waals surface area contributed by atoms with Gasteiger partial charge in [0, 0.05) is 49.9 Å². The number of nitrogens with one attached hydrogen (secondary N) is 2. The second-order valence-electron chi connectivity index (χ2n) is 8.91. The van der Waals surface area contributed by atoms with Gasteiger partial charge < -0.3 is 25.0 Å². The number of hydrogen-bond donors (Lipinski definition) is 2. The number of thiazole rings is 1. The third-order valence-electron chi connectivity index (χ3n) is 6.28. The summed E-state index contributed by atoms with van der Waals surface area (Å²) in [6.07, 6.45) is 6.51. The van der Waals surface area contributed by atoms with Gasteiger partial charge in [-0.2, -0.15) is 9.97 Å². The molecule has 0 aromatic carbocycles. The molecule has 2 fully saturated rings. The summed E-state index contributed by atoms with van der Waals surface area (Å²) in [4.78, 5) is 23.1. The first-order chi connectivity index (χ1) is 16.7. The smallest absolute Gasteiger partial charge is 0.227 e. The lowest BCUT2D eigenvalue weighted by atomic mass is 10.2. The lowest BCUT2D eigenvalue weighted by Crippen LogP contribution is -2.44. The van der Waals surface area contributed by atoms with Crippen LogP contribution in [0.25, 0.3) is 10.7 Å². The number of likely N-dealkylation sites (N-methyl/N-ethyl adjacent to an activating group) is 1. The Morgan fingerprint density at radius 1 is 1.15 bits per heavy atom. The van der Waals surface area contributed by atoms with Crippen LogP contribution in [0.15, 0.2) is 44.9 Å². The summed E-state index contributed by atoms with van der Waals surface area (Å²) in [5.41, 5.74) is 2.16. The van der Waals surface area contributed by atoms with Crippen molar-refractivity contribution in [2.75, 3.05) is 55.3 Å². The average Bonchev–Trinajstić information content (AvgIpc) is 3.22. The van der Waals surface area contributed by atoms with Crippen LogP contribution in [0.2, 0.25) is 0 Å². The largest absolute Gasteiger partial charge is 0.359 e. The van der Waals surface area contributed by atoms with Crippen LogP contribution >= 0.6 is 11.3 Å². The van der Waals surface area contributed by atoms with E-state index in [0.717, 1.165) is 66.8 Å². The van der Waals surface area contributed by atoms with Crippen molar-refractivity contribution in [1.82, 2.24) is 25.0 Å². The van der Waals surface area contributed by atoms with E-state index in [4.69, 9.17) is 14.5 Å². The van der Waals surface area contributed by atoms with Crippen molar-refractivity contribution in [1.29, 1.82) is 0 Å². The lowest BCUT2D eigenvalue weighted by molar-refractivity contribution is 0.312. The molecule has 0 spiro atoms. The zero-order valence-corrected chi connectivity index (χ0v) is 19.9. The van der Waals surface area contributed by atoms with E-state index >= 15 is 0 Å². The summed E-state index contributed by atoms with van der Waals surface area (Å²) in [5, 5.41) is 13.6. The summed E-state index contributed by atoms with van der Waals surface area (Å²) in [6.45, 7) is 5.09. The molecule has 3 aliphatic rings. The molecule has 0 unspecified atom stereocenters. The fourth-order valence-electron chi connectivity index (χ4n) is 4.14. The Bertz CT molecular complexity index is 1210. The maximum absolute atomic E-state index is 5.49. The highest BCUT2D eigenvalue weighted by Crippen LogP contribution is 2.38. The summed E-state index contributed by atoms with van der Waals surface area (Å²) < 4.78 is 5.49. The summed E-state index contributed by atoms with van der Waals surface area (Å²) >= 11 is 1.53. The number of aliphatic imine (C=N–C) groups is 1. The minimum Gasteiger partial charge on any atom is -0.359 e. The average molecular weight is 478 g/mol. The van der Waals surface area contributed by atoms with Crippen molar-refractivity contribution in [3.8, 4) is 10.7 Å². The number of nitrogens with zero attached hydrogens (tertiary/aromatic N) is 7. The van der Waals surface area contributed by atoms with Crippen LogP contribution in [0.4, 0.5) is 17.6 Å². The van der Waals surface area contributed by atoms with Crippen LogP contribution in [0.1, 0.15) is 18.6 Å². The van der Waals surface area contributed by atoms with Crippen LogP contribution in [0.3, 0.4) is 0 Å². The van der Waals surface area contributed by atoms with E-state index in [1.54, 1.807) is 6.20 Å². The van der Waals surface area contributed by atoms with Gasteiger partial charge >= 0.3 is 0 Å². The number of anilines is 3. The van der Waals surface area contributed by atoms with Gasteiger partial charge in [-0.15, -0.1) is 11.3 Å². The number of hydrogen-bond acceptors (Lipinski definition) is 11. The molecule has 0 atom stereocenters. The molecule has 10 nitrogen and oxygen atoms in total. The van der Waals surface area contributed by atoms with Gasteiger partial charge in [-0.3, -0.25) is 4.99 Å². The van der Waals surface area contributed by atoms with Gasteiger partial charge in [-0.05, 0) is 37.5 Å². The number of piperazine rings is 1. The van der Waals surface area contributed by atoms with E-state index in [1.165, 1.54) is 29.8 Å². The molecule has 2 N–H and O–H groups in total. The molecular formula is C23H27N9OS. The molecule has 11 heteroatoms. The van der Waals surface area contributed by atoms with Crippen LogP contribution in [0.5, 0.6) is 0 Å². The second-order valence-corrected chi connectivity index (χ2v) is 9.81. The van der Waals surface area contributed by atoms with Crippen molar-refractivity contribution in [3.05, 3.63) is 41.1 Å². The molecule has 2 aliphatic heterocycles. The van der Waals surface area contributed by atoms with Crippen molar-refractivity contribution >= 4 is 34.8 Å². The van der Waals surface area contributed by atoms with Crippen molar-refractivity contribution < 1.29 is 4.52 Å². The first kappa shape index (κ1) is 21.2. The van der Waals surface area contributed by atoms with E-state index < -0.39 is 0 Å². The molecule has 0 amide bonds. The summed E-state index contributed by atoms with van der Waals surface area (Å²) in [7, 11) is 2.15. The fraction of sp³-hybridized carbons (Fsp3) is 0.435. The van der Waals surface area contributed by atoms with Crippen LogP contribution < -0.4 is 15.5 Å². The molecule has 176 valence electrons. The molecule has 1 aliphatic carbocycles. The molecule has 0 bridgehead atoms. The Labute approximate surface area is 201 Å². The Morgan fingerprint density at radius 3 is 2.82 bits per heavy atom. The van der Waals surface area contributed by atoms with Crippen LogP contribution in [-0.4, -0.2) is 70.6 Å². The molecular weight excluding hydrogens is 450 g/mol. The van der Waals surface area contributed by atoms with Gasteiger partial charge in [-0.25, -0.2) is 4.98 Å². The van der Waals surface area contributed by atoms with E-state index in [9.17, 15) is 0 Å². The maximum Gasteiger partial charge on any atom is 0.227 e. The van der Waals surface area contributed by atoms with Crippen LogP contribution in [-0.2, 0) is 6.54 Å². The normalized spacial score (nSPS) is 18.7. The highest BCUT2D eigenvalue weighted by molar-refractivity contribution is 7.13. The van der Waals surface area contributed by atoms with E-state index in [-0.39, 0.29) is 0 Å². The highest BCUT2D eigenvalue weighted by Gasteiger charge is 2.28. The summed E-state index contributed by atoms with van der Waals surface area (Å²) in [6, 6.07) is 3.91. The topological polar surface area (TPSA) is 108 Å². The van der Waals surface area contributed by atoms with Crippen molar-refractivity contribution in [3.63, 3.8) is 0 Å². The van der Waals surface area contributed by atoms with E-state index in [2.05, 4.69) is 48.7 Å². The summed E-state index contributed by atoms with van der Waals surface area (Å²) in [5.74, 6) is 4.47. The lowest BCUT2D eigenvalue weighted by Gasteiger charge is -2.33. The van der Waals surface area contributed by atoms with Gasteiger partial charge in [0.2, 0.25) is 5.95 Å². The van der Waals surface area contributed by atoms with Gasteiger partial charge in [0.05, 0.1) is 13.1 Å². The standard InChI is InChI=1S/C23H27N9OS/c1-31-5-7-32(8-6-31)21-12-20(27-19-10-16(13-25-19)15-2-3-15)28-23(29-21)26-14-17-11-18(30-33-17)22-24-4-9-34-22/h4,9-12,15H,2-3,5-8,13-14H2,1H3,(H2,25,26,27,28,29). The molecule has 1 saturated carbocycles. The van der Waals surface area contributed by atoms with Gasteiger partial charge in [0.1, 0.15) is 28.2 Å². The molecule has 3 aromatic heterocycles. The molecule has 6 rings (SSSR count). The van der Waals surface area contributed by atoms with Crippen molar-refractivity contribution in [2.24, 2.45) is 10.9 Å². The van der Waals surface area contributed by atoms with E-state index in [0.29, 0.717) is 18.3 Å². The number of rotatable bonds is 7. The zero-order valence-electron chi connectivity index (χ0n) is 19.1. The minimum absolute atomic E-state index is 0.427. The molecule has 3 aromatic rings. The molecule has 34 heavy (non-hydrogen) atoms. The van der Waals surface area contributed by atoms with Gasteiger partial charge in [0.15, 0.2) is 5.76 Å². The van der Waals surface area contributed by atoms with Crippen LogP contribution in [0, 0.1) is 5.92 Å². The van der Waals surface area contributed by atoms with Crippen molar-refractivity contribution in [2.45, 2.75) is 19.4 Å². The predicted octanol–water partition coefficient (Wildman–Crippen LogP) is 3.11. The Morgan fingerprint density at radius 2 is 2.03 bits per heavy atom.